The van der Waals surface area contributed by atoms with Crippen LogP contribution in [0.5, 0.6) is 0 Å². The zero-order valence-corrected chi connectivity index (χ0v) is 11.8. The van der Waals surface area contributed by atoms with Crippen LogP contribution in [-0.2, 0) is 0 Å². The molecule has 1 aromatic rings. The lowest BCUT2D eigenvalue weighted by atomic mass is 10.0. The maximum absolute atomic E-state index is 9.60. The SMILES string of the molecule is Cc1cccc(C(C)N2CCCC2CC(C)O)c1. The molecule has 1 aliphatic heterocycles. The summed E-state index contributed by atoms with van der Waals surface area (Å²) in [5, 5.41) is 9.60. The third-order valence-corrected chi connectivity index (χ3v) is 4.06. The van der Waals surface area contributed by atoms with E-state index in [1.165, 1.54) is 24.0 Å². The van der Waals surface area contributed by atoms with Crippen molar-refractivity contribution < 1.29 is 5.11 Å². The molecule has 1 aliphatic rings. The zero-order chi connectivity index (χ0) is 13.1. The molecule has 1 aromatic carbocycles. The fourth-order valence-electron chi connectivity index (χ4n) is 3.14. The second kappa shape index (κ2) is 5.85. The van der Waals surface area contributed by atoms with Crippen molar-refractivity contribution in [2.45, 2.75) is 58.2 Å². The summed E-state index contributed by atoms with van der Waals surface area (Å²) in [6.45, 7) is 7.49. The van der Waals surface area contributed by atoms with Crippen molar-refractivity contribution >= 4 is 0 Å². The van der Waals surface area contributed by atoms with E-state index in [1.54, 1.807) is 0 Å². The molecule has 0 spiro atoms. The van der Waals surface area contributed by atoms with Gasteiger partial charge in [0, 0.05) is 12.1 Å². The molecule has 18 heavy (non-hydrogen) atoms. The Hall–Kier alpha value is -0.860. The van der Waals surface area contributed by atoms with Crippen LogP contribution in [0.2, 0.25) is 0 Å². The predicted molar refractivity (Wildman–Crippen MR) is 75.6 cm³/mol. The van der Waals surface area contributed by atoms with Gasteiger partial charge in [0.15, 0.2) is 0 Å². The van der Waals surface area contributed by atoms with E-state index in [-0.39, 0.29) is 6.10 Å². The van der Waals surface area contributed by atoms with Crippen molar-refractivity contribution in [1.29, 1.82) is 0 Å². The van der Waals surface area contributed by atoms with Crippen LogP contribution in [0.1, 0.15) is 50.3 Å². The average Bonchev–Trinajstić information content (AvgIpc) is 2.75. The van der Waals surface area contributed by atoms with Crippen LogP contribution in [0.15, 0.2) is 24.3 Å². The molecule has 1 heterocycles. The van der Waals surface area contributed by atoms with Gasteiger partial charge in [0.25, 0.3) is 0 Å². The Morgan fingerprint density at radius 1 is 1.39 bits per heavy atom. The van der Waals surface area contributed by atoms with Crippen LogP contribution in [0.3, 0.4) is 0 Å². The fraction of sp³-hybridized carbons (Fsp3) is 0.625. The molecule has 100 valence electrons. The van der Waals surface area contributed by atoms with Gasteiger partial charge >= 0.3 is 0 Å². The highest BCUT2D eigenvalue weighted by Gasteiger charge is 2.29. The highest BCUT2D eigenvalue weighted by Crippen LogP contribution is 2.31. The van der Waals surface area contributed by atoms with E-state index in [2.05, 4.69) is 43.0 Å². The van der Waals surface area contributed by atoms with E-state index >= 15 is 0 Å². The molecular weight excluding hydrogens is 222 g/mol. The van der Waals surface area contributed by atoms with E-state index in [4.69, 9.17) is 0 Å². The lowest BCUT2D eigenvalue weighted by molar-refractivity contribution is 0.114. The Bertz CT molecular complexity index is 388. The van der Waals surface area contributed by atoms with E-state index in [0.717, 1.165) is 13.0 Å². The summed E-state index contributed by atoms with van der Waals surface area (Å²) in [7, 11) is 0. The van der Waals surface area contributed by atoms with Crippen molar-refractivity contribution in [2.75, 3.05) is 6.54 Å². The Morgan fingerprint density at radius 3 is 2.83 bits per heavy atom. The van der Waals surface area contributed by atoms with E-state index in [0.29, 0.717) is 12.1 Å². The molecule has 0 aliphatic carbocycles. The van der Waals surface area contributed by atoms with Crippen LogP contribution in [0, 0.1) is 6.92 Å². The molecule has 0 aromatic heterocycles. The van der Waals surface area contributed by atoms with Gasteiger partial charge in [-0.15, -0.1) is 0 Å². The molecule has 1 N–H and O–H groups in total. The number of hydrogen-bond acceptors (Lipinski definition) is 2. The van der Waals surface area contributed by atoms with Gasteiger partial charge in [-0.25, -0.2) is 0 Å². The number of rotatable bonds is 4. The lowest BCUT2D eigenvalue weighted by Gasteiger charge is -2.32. The first-order chi connectivity index (χ1) is 8.58. The van der Waals surface area contributed by atoms with Crippen molar-refractivity contribution in [3.63, 3.8) is 0 Å². The maximum atomic E-state index is 9.60. The molecule has 1 saturated heterocycles. The number of benzene rings is 1. The first-order valence-corrected chi connectivity index (χ1v) is 7.08. The van der Waals surface area contributed by atoms with Crippen molar-refractivity contribution in [3.05, 3.63) is 35.4 Å². The largest absolute Gasteiger partial charge is 0.393 e. The molecule has 0 radical (unpaired) electrons. The highest BCUT2D eigenvalue weighted by atomic mass is 16.3. The smallest absolute Gasteiger partial charge is 0.0527 e. The Balaban J connectivity index is 2.10. The first kappa shape index (κ1) is 13.6. The molecule has 2 heteroatoms. The Kier molecular flexibility index (Phi) is 4.41. The minimum atomic E-state index is -0.194. The second-order valence-electron chi connectivity index (χ2n) is 5.71. The van der Waals surface area contributed by atoms with Gasteiger partial charge < -0.3 is 5.11 Å². The van der Waals surface area contributed by atoms with Crippen molar-refractivity contribution in [2.24, 2.45) is 0 Å². The number of aliphatic hydroxyl groups is 1. The summed E-state index contributed by atoms with van der Waals surface area (Å²) in [6.07, 6.45) is 3.19. The summed E-state index contributed by atoms with van der Waals surface area (Å²) in [5.74, 6) is 0. The summed E-state index contributed by atoms with van der Waals surface area (Å²) in [5.41, 5.74) is 2.72. The van der Waals surface area contributed by atoms with Crippen LogP contribution >= 0.6 is 0 Å². The van der Waals surface area contributed by atoms with Gasteiger partial charge in [0.1, 0.15) is 0 Å². The second-order valence-corrected chi connectivity index (χ2v) is 5.71. The predicted octanol–water partition coefficient (Wildman–Crippen LogP) is 3.29. The molecule has 2 nitrogen and oxygen atoms in total. The minimum absolute atomic E-state index is 0.194. The maximum Gasteiger partial charge on any atom is 0.0527 e. The summed E-state index contributed by atoms with van der Waals surface area (Å²) < 4.78 is 0. The normalized spacial score (nSPS) is 24.1. The average molecular weight is 247 g/mol. The molecule has 3 unspecified atom stereocenters. The van der Waals surface area contributed by atoms with Crippen LogP contribution < -0.4 is 0 Å². The number of nitrogens with zero attached hydrogens (tertiary/aromatic N) is 1. The van der Waals surface area contributed by atoms with Crippen molar-refractivity contribution in [3.8, 4) is 0 Å². The van der Waals surface area contributed by atoms with Gasteiger partial charge in [-0.05, 0) is 52.1 Å². The van der Waals surface area contributed by atoms with E-state index < -0.39 is 0 Å². The van der Waals surface area contributed by atoms with Gasteiger partial charge in [0.05, 0.1) is 6.10 Å². The standard InChI is InChI=1S/C16H25NO/c1-12-6-4-7-15(10-12)14(3)17-9-5-8-16(17)11-13(2)18/h4,6-7,10,13-14,16,18H,5,8-9,11H2,1-3H3. The van der Waals surface area contributed by atoms with Crippen LogP contribution in [-0.4, -0.2) is 28.7 Å². The topological polar surface area (TPSA) is 23.5 Å². The molecular formula is C16H25NO. The third-order valence-electron chi connectivity index (χ3n) is 4.06. The summed E-state index contributed by atoms with van der Waals surface area (Å²) in [6, 6.07) is 9.78. The number of hydrogen-bond donors (Lipinski definition) is 1. The number of aliphatic hydroxyl groups excluding tert-OH is 1. The molecule has 2 rings (SSSR count). The number of aryl methyl sites for hydroxylation is 1. The zero-order valence-electron chi connectivity index (χ0n) is 11.8. The minimum Gasteiger partial charge on any atom is -0.393 e. The highest BCUT2D eigenvalue weighted by molar-refractivity contribution is 5.25. The fourth-order valence-corrected chi connectivity index (χ4v) is 3.14. The van der Waals surface area contributed by atoms with Crippen LogP contribution in [0.4, 0.5) is 0 Å². The Labute approximate surface area is 111 Å². The van der Waals surface area contributed by atoms with Gasteiger partial charge in [-0.3, -0.25) is 4.90 Å². The van der Waals surface area contributed by atoms with Gasteiger partial charge in [0.2, 0.25) is 0 Å². The van der Waals surface area contributed by atoms with Crippen LogP contribution in [0.25, 0.3) is 0 Å². The summed E-state index contributed by atoms with van der Waals surface area (Å²) in [4.78, 5) is 2.56. The lowest BCUT2D eigenvalue weighted by Crippen LogP contribution is -2.34. The van der Waals surface area contributed by atoms with Crippen molar-refractivity contribution in [1.82, 2.24) is 4.90 Å². The van der Waals surface area contributed by atoms with Gasteiger partial charge in [-0.2, -0.15) is 0 Å². The number of likely N-dealkylation sites (tertiary alicyclic amines) is 1. The molecule has 0 amide bonds. The first-order valence-electron chi connectivity index (χ1n) is 7.08. The summed E-state index contributed by atoms with van der Waals surface area (Å²) >= 11 is 0. The molecule has 0 bridgehead atoms. The molecule has 0 saturated carbocycles. The third kappa shape index (κ3) is 3.12. The molecule has 1 fully saturated rings. The van der Waals surface area contributed by atoms with E-state index in [9.17, 15) is 5.11 Å². The van der Waals surface area contributed by atoms with Gasteiger partial charge in [-0.1, -0.05) is 29.8 Å². The molecule has 3 atom stereocenters. The Morgan fingerprint density at radius 2 is 2.17 bits per heavy atom. The quantitative estimate of drug-likeness (QED) is 0.882. The monoisotopic (exact) mass is 247 g/mol. The van der Waals surface area contributed by atoms with E-state index in [1.807, 2.05) is 6.92 Å².